The van der Waals surface area contributed by atoms with Crippen LogP contribution < -0.4 is 16.2 Å². The molecule has 7 nitrogen and oxygen atoms in total. The van der Waals surface area contributed by atoms with Crippen LogP contribution in [0.5, 0.6) is 0 Å². The van der Waals surface area contributed by atoms with Gasteiger partial charge in [0.15, 0.2) is 5.16 Å². The smallest absolute Gasteiger partial charge is 0.321 e. The van der Waals surface area contributed by atoms with E-state index in [1.165, 1.54) is 23.1 Å². The Morgan fingerprint density at radius 1 is 1.18 bits per heavy atom. The van der Waals surface area contributed by atoms with E-state index in [1.54, 1.807) is 11.5 Å². The fraction of sp³-hybridized carbons (Fsp3) is 0.579. The highest BCUT2D eigenvalue weighted by molar-refractivity contribution is 8.00. The molecule has 0 radical (unpaired) electrons. The number of urea groups is 1. The Bertz CT molecular complexity index is 970. The molecule has 0 fully saturated rings. The van der Waals surface area contributed by atoms with Crippen molar-refractivity contribution in [3.63, 3.8) is 0 Å². The molecule has 154 valence electrons. The van der Waals surface area contributed by atoms with Gasteiger partial charge in [-0.1, -0.05) is 11.8 Å². The minimum Gasteiger partial charge on any atom is -0.333 e. The molecule has 2 heterocycles. The van der Waals surface area contributed by atoms with Crippen LogP contribution >= 0.6 is 23.1 Å². The van der Waals surface area contributed by atoms with Crippen LogP contribution in [0.15, 0.2) is 9.95 Å². The molecule has 0 saturated carbocycles. The Balaban J connectivity index is 2.32. The first-order valence-electron chi connectivity index (χ1n) is 9.13. The van der Waals surface area contributed by atoms with Crippen LogP contribution in [0.3, 0.4) is 0 Å². The third-order valence-corrected chi connectivity index (χ3v) is 6.26. The summed E-state index contributed by atoms with van der Waals surface area (Å²) in [4.78, 5) is 43.8. The summed E-state index contributed by atoms with van der Waals surface area (Å²) in [7, 11) is 0. The molecule has 3 amide bonds. The largest absolute Gasteiger partial charge is 0.333 e. The third kappa shape index (κ3) is 4.94. The number of hydrogen-bond donors (Lipinski definition) is 2. The summed E-state index contributed by atoms with van der Waals surface area (Å²) in [6.45, 7) is 14.9. The van der Waals surface area contributed by atoms with E-state index in [9.17, 15) is 14.4 Å². The maximum atomic E-state index is 13.1. The molecule has 0 aliphatic heterocycles. The van der Waals surface area contributed by atoms with E-state index in [-0.39, 0.29) is 11.6 Å². The molecular formula is C19H28N4O3S2. The van der Waals surface area contributed by atoms with Gasteiger partial charge in [-0.2, -0.15) is 0 Å². The summed E-state index contributed by atoms with van der Waals surface area (Å²) >= 11 is 2.65. The highest BCUT2D eigenvalue weighted by Gasteiger charge is 2.24. The van der Waals surface area contributed by atoms with Crippen molar-refractivity contribution in [2.24, 2.45) is 0 Å². The van der Waals surface area contributed by atoms with Gasteiger partial charge in [-0.05, 0) is 61.0 Å². The van der Waals surface area contributed by atoms with Crippen molar-refractivity contribution in [3.8, 4) is 0 Å². The molecule has 2 N–H and O–H groups in total. The maximum Gasteiger partial charge on any atom is 0.321 e. The summed E-state index contributed by atoms with van der Waals surface area (Å²) in [5, 5.41) is 5.56. The number of aromatic nitrogens is 2. The van der Waals surface area contributed by atoms with Gasteiger partial charge in [-0.15, -0.1) is 11.3 Å². The Morgan fingerprint density at radius 3 is 2.32 bits per heavy atom. The minimum atomic E-state index is -0.595. The van der Waals surface area contributed by atoms with Gasteiger partial charge in [0.05, 0.1) is 10.6 Å². The summed E-state index contributed by atoms with van der Waals surface area (Å²) in [5.41, 5.74) is 0.413. The Labute approximate surface area is 173 Å². The van der Waals surface area contributed by atoms with Gasteiger partial charge in [-0.25, -0.2) is 9.78 Å². The van der Waals surface area contributed by atoms with Crippen molar-refractivity contribution in [1.82, 2.24) is 20.2 Å². The molecule has 2 aromatic heterocycles. The van der Waals surface area contributed by atoms with Crippen molar-refractivity contribution in [1.29, 1.82) is 0 Å². The molecule has 0 aromatic carbocycles. The van der Waals surface area contributed by atoms with Crippen LogP contribution in [0.25, 0.3) is 10.2 Å². The first-order valence-corrected chi connectivity index (χ1v) is 10.8. The second-order valence-electron chi connectivity index (χ2n) is 8.08. The maximum absolute atomic E-state index is 13.1. The van der Waals surface area contributed by atoms with Crippen molar-refractivity contribution in [2.75, 3.05) is 0 Å². The van der Waals surface area contributed by atoms with E-state index in [0.29, 0.717) is 15.4 Å². The average molecular weight is 425 g/mol. The second kappa shape index (κ2) is 8.24. The van der Waals surface area contributed by atoms with Crippen molar-refractivity contribution < 1.29 is 9.59 Å². The number of carbonyl (C=O) groups excluding carboxylic acids is 2. The van der Waals surface area contributed by atoms with Crippen LogP contribution in [-0.2, 0) is 4.79 Å². The molecule has 0 aliphatic carbocycles. The van der Waals surface area contributed by atoms with Gasteiger partial charge in [0.2, 0.25) is 5.91 Å². The van der Waals surface area contributed by atoms with Gasteiger partial charge >= 0.3 is 6.03 Å². The predicted molar refractivity (Wildman–Crippen MR) is 115 cm³/mol. The van der Waals surface area contributed by atoms with Crippen molar-refractivity contribution in [3.05, 3.63) is 20.8 Å². The lowest BCUT2D eigenvalue weighted by atomic mass is 10.1. The average Bonchev–Trinajstić information content (AvgIpc) is 2.79. The topological polar surface area (TPSA) is 93.1 Å². The molecule has 0 bridgehead atoms. The van der Waals surface area contributed by atoms with Crippen LogP contribution in [0, 0.1) is 13.8 Å². The number of hydrogen-bond acceptors (Lipinski definition) is 6. The number of thiophene rings is 1. The summed E-state index contributed by atoms with van der Waals surface area (Å²) in [5.74, 6) is -0.435. The van der Waals surface area contributed by atoms with E-state index in [2.05, 4.69) is 15.6 Å². The molecular weight excluding hydrogens is 396 g/mol. The highest BCUT2D eigenvalue weighted by Crippen LogP contribution is 2.30. The number of thioether (sulfide) groups is 1. The SMILES string of the molecule is Cc1sc2nc(S[C@H](C)C(=O)NC(=O)NC(C)(C)C)n(C(C)C)c(=O)c2c1C. The fourth-order valence-electron chi connectivity index (χ4n) is 2.62. The first kappa shape index (κ1) is 22.4. The third-order valence-electron chi connectivity index (χ3n) is 4.10. The predicted octanol–water partition coefficient (Wildman–Crippen LogP) is 3.76. The lowest BCUT2D eigenvalue weighted by molar-refractivity contribution is -0.119. The zero-order valence-corrected chi connectivity index (χ0v) is 19.2. The fourth-order valence-corrected chi connectivity index (χ4v) is 4.73. The molecule has 2 aromatic rings. The Kier molecular flexibility index (Phi) is 6.60. The lowest BCUT2D eigenvalue weighted by Gasteiger charge is -2.21. The monoisotopic (exact) mass is 424 g/mol. The normalized spacial score (nSPS) is 13.0. The second-order valence-corrected chi connectivity index (χ2v) is 10.6. The minimum absolute atomic E-state index is 0.0950. The number of nitrogens with zero attached hydrogens (tertiary/aromatic N) is 2. The number of fused-ring (bicyclic) bond motifs is 1. The van der Waals surface area contributed by atoms with Crippen molar-refractivity contribution >= 4 is 45.3 Å². The first-order chi connectivity index (χ1) is 12.8. The van der Waals surface area contributed by atoms with E-state index in [1.807, 2.05) is 48.5 Å². The molecule has 1 atom stereocenters. The number of amides is 3. The van der Waals surface area contributed by atoms with Crippen LogP contribution in [-0.4, -0.2) is 32.3 Å². The molecule has 9 heteroatoms. The van der Waals surface area contributed by atoms with E-state index in [4.69, 9.17) is 0 Å². The van der Waals surface area contributed by atoms with Gasteiger partial charge in [0.25, 0.3) is 5.56 Å². The summed E-state index contributed by atoms with van der Waals surface area (Å²) in [6, 6.07) is -0.648. The number of carbonyl (C=O) groups is 2. The molecule has 0 aliphatic rings. The van der Waals surface area contributed by atoms with E-state index < -0.39 is 22.7 Å². The molecule has 0 spiro atoms. The van der Waals surface area contributed by atoms with Crippen molar-refractivity contribution in [2.45, 2.75) is 77.4 Å². The number of rotatable bonds is 4. The van der Waals surface area contributed by atoms with Gasteiger partial charge in [-0.3, -0.25) is 19.5 Å². The van der Waals surface area contributed by atoms with E-state index in [0.717, 1.165) is 10.4 Å². The zero-order chi connectivity index (χ0) is 21.4. The summed E-state index contributed by atoms with van der Waals surface area (Å²) < 4.78 is 1.62. The van der Waals surface area contributed by atoms with Gasteiger partial charge < -0.3 is 5.32 Å². The van der Waals surface area contributed by atoms with Crippen LogP contribution in [0.4, 0.5) is 4.79 Å². The zero-order valence-electron chi connectivity index (χ0n) is 17.6. The van der Waals surface area contributed by atoms with Crippen LogP contribution in [0.2, 0.25) is 0 Å². The quantitative estimate of drug-likeness (QED) is 0.576. The van der Waals surface area contributed by atoms with Gasteiger partial charge in [0.1, 0.15) is 4.83 Å². The lowest BCUT2D eigenvalue weighted by Crippen LogP contribution is -2.49. The Morgan fingerprint density at radius 2 is 1.79 bits per heavy atom. The number of imide groups is 1. The molecule has 0 unspecified atom stereocenters. The highest BCUT2D eigenvalue weighted by atomic mass is 32.2. The van der Waals surface area contributed by atoms with Gasteiger partial charge in [0, 0.05) is 16.5 Å². The van der Waals surface area contributed by atoms with Crippen LogP contribution in [0.1, 0.15) is 58.0 Å². The molecule has 28 heavy (non-hydrogen) atoms. The molecule has 2 rings (SSSR count). The Hall–Kier alpha value is -1.87. The molecule has 0 saturated heterocycles. The number of nitrogens with one attached hydrogen (secondary N) is 2. The summed E-state index contributed by atoms with van der Waals surface area (Å²) in [6.07, 6.45) is 0. The number of aryl methyl sites for hydroxylation is 2. The van der Waals surface area contributed by atoms with E-state index >= 15 is 0 Å². The standard InChI is InChI=1S/C19H28N4O3S2/c1-9(2)23-16(25)13-10(3)11(4)27-15(13)21-18(23)28-12(5)14(24)20-17(26)22-19(6,7)8/h9,12H,1-8H3,(H2,20,22,24,26)/t12-/m1/s1.